The van der Waals surface area contributed by atoms with Crippen molar-refractivity contribution in [1.82, 2.24) is 4.90 Å². The first-order valence-corrected chi connectivity index (χ1v) is 8.31. The van der Waals surface area contributed by atoms with E-state index in [9.17, 15) is 0 Å². The number of hydrogen-bond acceptors (Lipinski definition) is 3. The zero-order valence-corrected chi connectivity index (χ0v) is 14.3. The lowest BCUT2D eigenvalue weighted by atomic mass is 10.1. The molecule has 3 nitrogen and oxygen atoms in total. The normalized spacial score (nSPS) is 22.0. The standard InChI is InChI=1S/C20H26N2O/c1-16-13-22(14-18-11-7-8-12-19(18)21(2)3)15-20(23-16)17-9-5-4-6-10-17/h4-12,16,20H,13-15H2,1-3H3. The van der Waals surface area contributed by atoms with Crippen LogP contribution in [0.1, 0.15) is 24.2 Å². The first-order chi connectivity index (χ1) is 11.1. The second kappa shape index (κ2) is 7.16. The lowest BCUT2D eigenvalue weighted by Gasteiger charge is -2.37. The van der Waals surface area contributed by atoms with Crippen LogP contribution in [0.5, 0.6) is 0 Å². The summed E-state index contributed by atoms with van der Waals surface area (Å²) < 4.78 is 6.17. The summed E-state index contributed by atoms with van der Waals surface area (Å²) in [4.78, 5) is 4.70. The smallest absolute Gasteiger partial charge is 0.0956 e. The van der Waals surface area contributed by atoms with Gasteiger partial charge >= 0.3 is 0 Å². The molecule has 2 aromatic carbocycles. The van der Waals surface area contributed by atoms with E-state index >= 15 is 0 Å². The fourth-order valence-electron chi connectivity index (χ4n) is 3.34. The van der Waals surface area contributed by atoms with E-state index in [1.54, 1.807) is 0 Å². The monoisotopic (exact) mass is 310 g/mol. The van der Waals surface area contributed by atoms with Gasteiger partial charge in [0.05, 0.1) is 12.2 Å². The van der Waals surface area contributed by atoms with E-state index in [4.69, 9.17) is 4.74 Å². The Morgan fingerprint density at radius 3 is 2.43 bits per heavy atom. The van der Waals surface area contributed by atoms with Crippen LogP contribution in [0, 0.1) is 0 Å². The second-order valence-electron chi connectivity index (χ2n) is 6.56. The van der Waals surface area contributed by atoms with Crippen LogP contribution >= 0.6 is 0 Å². The van der Waals surface area contributed by atoms with Crippen LogP contribution in [-0.2, 0) is 11.3 Å². The van der Waals surface area contributed by atoms with Gasteiger partial charge in [0, 0.05) is 39.4 Å². The van der Waals surface area contributed by atoms with Crippen molar-refractivity contribution in [2.75, 3.05) is 32.1 Å². The predicted molar refractivity (Wildman–Crippen MR) is 95.8 cm³/mol. The molecule has 1 saturated heterocycles. The Morgan fingerprint density at radius 1 is 1.00 bits per heavy atom. The van der Waals surface area contributed by atoms with E-state index in [0.29, 0.717) is 0 Å². The van der Waals surface area contributed by atoms with Gasteiger partial charge in [0.25, 0.3) is 0 Å². The molecular weight excluding hydrogens is 284 g/mol. The molecule has 0 amide bonds. The van der Waals surface area contributed by atoms with E-state index in [2.05, 4.69) is 85.4 Å². The van der Waals surface area contributed by atoms with Gasteiger partial charge in [-0.1, -0.05) is 48.5 Å². The molecule has 1 fully saturated rings. The number of rotatable bonds is 4. The van der Waals surface area contributed by atoms with Gasteiger partial charge in [0.1, 0.15) is 0 Å². The summed E-state index contributed by atoms with van der Waals surface area (Å²) in [6.45, 7) is 5.05. The molecule has 0 saturated carbocycles. The van der Waals surface area contributed by atoms with Crippen LogP contribution in [0.25, 0.3) is 0 Å². The van der Waals surface area contributed by atoms with Crippen molar-refractivity contribution in [3.05, 3.63) is 65.7 Å². The average Bonchev–Trinajstić information content (AvgIpc) is 2.55. The van der Waals surface area contributed by atoms with Crippen molar-refractivity contribution in [2.24, 2.45) is 0 Å². The van der Waals surface area contributed by atoms with Gasteiger partial charge in [-0.15, -0.1) is 0 Å². The summed E-state index contributed by atoms with van der Waals surface area (Å²) in [5.41, 5.74) is 3.94. The summed E-state index contributed by atoms with van der Waals surface area (Å²) in [6.07, 6.45) is 0.409. The minimum absolute atomic E-state index is 0.159. The van der Waals surface area contributed by atoms with Crippen molar-refractivity contribution in [1.29, 1.82) is 0 Å². The molecule has 2 aromatic rings. The summed E-state index contributed by atoms with van der Waals surface area (Å²) in [6, 6.07) is 19.2. The van der Waals surface area contributed by atoms with Gasteiger partial charge in [-0.25, -0.2) is 0 Å². The SMILES string of the molecule is CC1CN(Cc2ccccc2N(C)C)CC(c2ccccc2)O1. The molecule has 1 heterocycles. The largest absolute Gasteiger partial charge is 0.377 e. The zero-order chi connectivity index (χ0) is 16.2. The number of benzene rings is 2. The Hall–Kier alpha value is -1.84. The zero-order valence-electron chi connectivity index (χ0n) is 14.3. The molecule has 0 N–H and O–H groups in total. The topological polar surface area (TPSA) is 15.7 Å². The van der Waals surface area contributed by atoms with Crippen LogP contribution in [0.3, 0.4) is 0 Å². The van der Waals surface area contributed by atoms with Gasteiger partial charge in [-0.3, -0.25) is 4.90 Å². The Kier molecular flexibility index (Phi) is 4.99. The van der Waals surface area contributed by atoms with Crippen molar-refractivity contribution in [2.45, 2.75) is 25.7 Å². The molecule has 3 rings (SSSR count). The Morgan fingerprint density at radius 2 is 1.70 bits per heavy atom. The second-order valence-corrected chi connectivity index (χ2v) is 6.56. The fourth-order valence-corrected chi connectivity index (χ4v) is 3.34. The van der Waals surface area contributed by atoms with Gasteiger partial charge in [0.2, 0.25) is 0 Å². The molecule has 122 valence electrons. The third-order valence-corrected chi connectivity index (χ3v) is 4.37. The summed E-state index contributed by atoms with van der Waals surface area (Å²) in [5, 5.41) is 0. The number of hydrogen-bond donors (Lipinski definition) is 0. The summed E-state index contributed by atoms with van der Waals surface area (Å²) >= 11 is 0. The van der Waals surface area contributed by atoms with Crippen LogP contribution in [0.4, 0.5) is 5.69 Å². The summed E-state index contributed by atoms with van der Waals surface area (Å²) in [5.74, 6) is 0. The molecular formula is C20H26N2O. The fraction of sp³-hybridized carbons (Fsp3) is 0.400. The van der Waals surface area contributed by atoms with Crippen molar-refractivity contribution in [3.63, 3.8) is 0 Å². The number of anilines is 1. The number of ether oxygens (including phenoxy) is 1. The van der Waals surface area contributed by atoms with Gasteiger partial charge < -0.3 is 9.64 Å². The molecule has 0 aromatic heterocycles. The van der Waals surface area contributed by atoms with E-state index in [0.717, 1.165) is 19.6 Å². The maximum atomic E-state index is 6.17. The molecule has 2 unspecified atom stereocenters. The first kappa shape index (κ1) is 16.0. The third kappa shape index (κ3) is 3.92. The van der Waals surface area contributed by atoms with Crippen molar-refractivity contribution in [3.8, 4) is 0 Å². The molecule has 0 spiro atoms. The van der Waals surface area contributed by atoms with Crippen LogP contribution in [0.15, 0.2) is 54.6 Å². The maximum absolute atomic E-state index is 6.17. The van der Waals surface area contributed by atoms with Crippen LogP contribution in [-0.4, -0.2) is 38.2 Å². The molecule has 0 aliphatic carbocycles. The van der Waals surface area contributed by atoms with Crippen molar-refractivity contribution < 1.29 is 4.74 Å². The lowest BCUT2D eigenvalue weighted by Crippen LogP contribution is -2.42. The van der Waals surface area contributed by atoms with Crippen molar-refractivity contribution >= 4 is 5.69 Å². The highest BCUT2D eigenvalue weighted by molar-refractivity contribution is 5.52. The first-order valence-electron chi connectivity index (χ1n) is 8.31. The van der Waals surface area contributed by atoms with Crippen LogP contribution < -0.4 is 4.90 Å². The molecule has 0 bridgehead atoms. The van der Waals surface area contributed by atoms with E-state index < -0.39 is 0 Å². The summed E-state index contributed by atoms with van der Waals surface area (Å²) in [7, 11) is 4.21. The molecule has 1 aliphatic rings. The van der Waals surface area contributed by atoms with Crippen LogP contribution in [0.2, 0.25) is 0 Å². The minimum Gasteiger partial charge on any atom is -0.377 e. The quantitative estimate of drug-likeness (QED) is 0.856. The average molecular weight is 310 g/mol. The van der Waals surface area contributed by atoms with E-state index in [1.807, 2.05) is 0 Å². The third-order valence-electron chi connectivity index (χ3n) is 4.37. The predicted octanol–water partition coefficient (Wildman–Crippen LogP) is 3.71. The molecule has 3 heteroatoms. The Balaban J connectivity index is 1.75. The number of nitrogens with zero attached hydrogens (tertiary/aromatic N) is 2. The lowest BCUT2D eigenvalue weighted by molar-refractivity contribution is -0.0813. The Labute approximate surface area is 139 Å². The van der Waals surface area contributed by atoms with Gasteiger partial charge in [-0.2, -0.15) is 0 Å². The van der Waals surface area contributed by atoms with Gasteiger partial charge in [-0.05, 0) is 24.1 Å². The molecule has 2 atom stereocenters. The highest BCUT2D eigenvalue weighted by atomic mass is 16.5. The van der Waals surface area contributed by atoms with Gasteiger partial charge in [0.15, 0.2) is 0 Å². The van der Waals surface area contributed by atoms with E-state index in [-0.39, 0.29) is 12.2 Å². The van der Waals surface area contributed by atoms with E-state index in [1.165, 1.54) is 16.8 Å². The molecule has 1 aliphatic heterocycles. The minimum atomic E-state index is 0.159. The Bertz CT molecular complexity index is 627. The maximum Gasteiger partial charge on any atom is 0.0956 e. The highest BCUT2D eigenvalue weighted by Crippen LogP contribution is 2.27. The molecule has 0 radical (unpaired) electrons. The number of para-hydroxylation sites is 1. The highest BCUT2D eigenvalue weighted by Gasteiger charge is 2.26. The number of morpholine rings is 1. The molecule has 23 heavy (non-hydrogen) atoms.